The zero-order valence-corrected chi connectivity index (χ0v) is 20.4. The first-order valence-corrected chi connectivity index (χ1v) is 12.4. The summed E-state index contributed by atoms with van der Waals surface area (Å²) in [5, 5.41) is 3.25. The first-order valence-electron chi connectivity index (χ1n) is 12.1. The second-order valence-electron chi connectivity index (χ2n) is 9.40. The number of carbonyl (C=O) groups is 2. The molecule has 2 aromatic carbocycles. The molecule has 1 aromatic heterocycles. The van der Waals surface area contributed by atoms with Gasteiger partial charge in [0.05, 0.1) is 22.8 Å². The maximum Gasteiger partial charge on any atom is 0.271 e. The number of amides is 2. The number of fused-ring (bicyclic) bond motifs is 1. The van der Waals surface area contributed by atoms with Crippen LogP contribution >= 0.6 is 11.6 Å². The Morgan fingerprint density at radius 2 is 1.78 bits per heavy atom. The molecular weight excluding hydrogens is 481 g/mol. The first kappa shape index (κ1) is 24.3. The summed E-state index contributed by atoms with van der Waals surface area (Å²) in [6, 6.07) is 14.1. The van der Waals surface area contributed by atoms with E-state index >= 15 is 0 Å². The van der Waals surface area contributed by atoms with Crippen LogP contribution in [0, 0.1) is 17.7 Å². The Kier molecular flexibility index (Phi) is 7.25. The van der Waals surface area contributed by atoms with Crippen LogP contribution in [0.4, 0.5) is 4.39 Å². The van der Waals surface area contributed by atoms with Crippen molar-refractivity contribution in [2.75, 3.05) is 32.7 Å². The normalized spacial score (nSPS) is 20.2. The molecule has 0 bridgehead atoms. The highest BCUT2D eigenvalue weighted by Crippen LogP contribution is 2.33. The fraction of sp³-hybridized carbons (Fsp3) is 0.333. The molecule has 36 heavy (non-hydrogen) atoms. The number of nitrogens with one attached hydrogen (secondary N) is 1. The molecule has 0 aliphatic carbocycles. The van der Waals surface area contributed by atoms with Gasteiger partial charge in [0, 0.05) is 45.1 Å². The van der Waals surface area contributed by atoms with Crippen LogP contribution in [0.3, 0.4) is 0 Å². The van der Waals surface area contributed by atoms with Gasteiger partial charge in [0.15, 0.2) is 0 Å². The monoisotopic (exact) mass is 507 g/mol. The molecule has 2 aliphatic heterocycles. The molecular formula is C27H27ClFN5O2. The SMILES string of the molecule is O=C(N[C@@H](CCN1CC2CN(C(=O)c3c(F)cccc3Cl)CC2C1)c1ccccc1)c1cnccn1. The Bertz CT molecular complexity index is 1200. The van der Waals surface area contributed by atoms with Gasteiger partial charge in [0.2, 0.25) is 0 Å². The molecule has 3 atom stereocenters. The van der Waals surface area contributed by atoms with Crippen molar-refractivity contribution >= 4 is 23.4 Å². The quantitative estimate of drug-likeness (QED) is 0.526. The fourth-order valence-corrected chi connectivity index (χ4v) is 5.51. The summed E-state index contributed by atoms with van der Waals surface area (Å²) < 4.78 is 14.2. The lowest BCUT2D eigenvalue weighted by atomic mass is 10.0. The Labute approximate surface area is 214 Å². The van der Waals surface area contributed by atoms with Gasteiger partial charge in [0.25, 0.3) is 11.8 Å². The van der Waals surface area contributed by atoms with Crippen LogP contribution in [0.5, 0.6) is 0 Å². The van der Waals surface area contributed by atoms with Gasteiger partial charge in [0.1, 0.15) is 11.5 Å². The third kappa shape index (κ3) is 5.24. The van der Waals surface area contributed by atoms with E-state index in [1.165, 1.54) is 30.7 Å². The number of aromatic nitrogens is 2. The lowest BCUT2D eigenvalue weighted by Crippen LogP contribution is -2.35. The summed E-state index contributed by atoms with van der Waals surface area (Å²) in [7, 11) is 0. The van der Waals surface area contributed by atoms with E-state index in [4.69, 9.17) is 11.6 Å². The summed E-state index contributed by atoms with van der Waals surface area (Å²) >= 11 is 6.11. The zero-order valence-electron chi connectivity index (χ0n) is 19.7. The number of nitrogens with zero attached hydrogens (tertiary/aromatic N) is 4. The predicted molar refractivity (Wildman–Crippen MR) is 134 cm³/mol. The summed E-state index contributed by atoms with van der Waals surface area (Å²) in [5.41, 5.74) is 1.28. The van der Waals surface area contributed by atoms with Gasteiger partial charge in [-0.05, 0) is 36.0 Å². The smallest absolute Gasteiger partial charge is 0.271 e. The van der Waals surface area contributed by atoms with Gasteiger partial charge < -0.3 is 15.1 Å². The van der Waals surface area contributed by atoms with Crippen LogP contribution in [0.1, 0.15) is 38.9 Å². The van der Waals surface area contributed by atoms with Crippen LogP contribution in [-0.4, -0.2) is 64.3 Å². The van der Waals surface area contributed by atoms with Crippen molar-refractivity contribution in [1.82, 2.24) is 25.1 Å². The number of hydrogen-bond acceptors (Lipinski definition) is 5. The van der Waals surface area contributed by atoms with Gasteiger partial charge >= 0.3 is 0 Å². The van der Waals surface area contributed by atoms with Gasteiger partial charge in [-0.1, -0.05) is 48.0 Å². The zero-order chi connectivity index (χ0) is 25.1. The van der Waals surface area contributed by atoms with Crippen molar-refractivity contribution < 1.29 is 14.0 Å². The number of halogens is 2. The largest absolute Gasteiger partial charge is 0.344 e. The first-order chi connectivity index (χ1) is 17.5. The molecule has 3 heterocycles. The molecule has 2 amide bonds. The van der Waals surface area contributed by atoms with E-state index in [9.17, 15) is 14.0 Å². The molecule has 7 nitrogen and oxygen atoms in total. The molecule has 0 radical (unpaired) electrons. The van der Waals surface area contributed by atoms with E-state index in [0.29, 0.717) is 24.9 Å². The second kappa shape index (κ2) is 10.7. The van der Waals surface area contributed by atoms with Crippen molar-refractivity contribution in [3.05, 3.63) is 94.8 Å². The van der Waals surface area contributed by atoms with Crippen molar-refractivity contribution in [1.29, 1.82) is 0 Å². The lowest BCUT2D eigenvalue weighted by Gasteiger charge is -2.25. The molecule has 2 fully saturated rings. The van der Waals surface area contributed by atoms with E-state index < -0.39 is 5.82 Å². The summed E-state index contributed by atoms with van der Waals surface area (Å²) in [5.74, 6) is -0.500. The molecule has 186 valence electrons. The molecule has 0 spiro atoms. The molecule has 9 heteroatoms. The molecule has 0 saturated carbocycles. The van der Waals surface area contributed by atoms with Gasteiger partial charge in [-0.15, -0.1) is 0 Å². The Morgan fingerprint density at radius 3 is 2.44 bits per heavy atom. The van der Waals surface area contributed by atoms with Crippen molar-refractivity contribution in [2.45, 2.75) is 12.5 Å². The Hall–Kier alpha value is -3.36. The minimum absolute atomic E-state index is 0.0412. The summed E-state index contributed by atoms with van der Waals surface area (Å²) in [4.78, 5) is 37.9. The number of hydrogen-bond donors (Lipinski definition) is 1. The average Bonchev–Trinajstić information content (AvgIpc) is 3.46. The van der Waals surface area contributed by atoms with E-state index in [2.05, 4.69) is 20.2 Å². The average molecular weight is 508 g/mol. The fourth-order valence-electron chi connectivity index (χ4n) is 5.27. The molecule has 2 saturated heterocycles. The third-order valence-electron chi connectivity index (χ3n) is 7.06. The Balaban J connectivity index is 1.19. The van der Waals surface area contributed by atoms with Crippen LogP contribution in [0.2, 0.25) is 5.02 Å². The van der Waals surface area contributed by atoms with Gasteiger partial charge in [-0.3, -0.25) is 14.6 Å². The van der Waals surface area contributed by atoms with Crippen LogP contribution in [0.15, 0.2) is 67.1 Å². The van der Waals surface area contributed by atoms with Crippen LogP contribution < -0.4 is 5.32 Å². The lowest BCUT2D eigenvalue weighted by molar-refractivity contribution is 0.0769. The standard InChI is InChI=1S/C27H27ClFN5O2/c28-21-7-4-8-22(29)25(21)27(36)34-16-19-14-33(15-20(19)17-34)12-9-23(18-5-2-1-3-6-18)32-26(35)24-13-30-10-11-31-24/h1-8,10-11,13,19-20,23H,9,12,14-17H2,(H,32,35)/t19?,20?,23-/m0/s1. The molecule has 2 aliphatic rings. The van der Waals surface area contributed by atoms with E-state index in [1.807, 2.05) is 30.3 Å². The molecule has 5 rings (SSSR count). The minimum atomic E-state index is -0.582. The maximum absolute atomic E-state index is 14.2. The molecule has 1 N–H and O–H groups in total. The van der Waals surface area contributed by atoms with Crippen LogP contribution in [0.25, 0.3) is 0 Å². The topological polar surface area (TPSA) is 78.4 Å². The van der Waals surface area contributed by atoms with Crippen molar-refractivity contribution in [3.63, 3.8) is 0 Å². The number of rotatable bonds is 7. The van der Waals surface area contributed by atoms with Gasteiger partial charge in [-0.2, -0.15) is 0 Å². The third-order valence-corrected chi connectivity index (χ3v) is 7.38. The highest BCUT2D eigenvalue weighted by atomic mass is 35.5. The van der Waals surface area contributed by atoms with Gasteiger partial charge in [-0.25, -0.2) is 9.37 Å². The number of carbonyl (C=O) groups excluding carboxylic acids is 2. The predicted octanol–water partition coefficient (Wildman–Crippen LogP) is 3.83. The van der Waals surface area contributed by atoms with Crippen molar-refractivity contribution in [2.24, 2.45) is 11.8 Å². The Morgan fingerprint density at radius 1 is 1.03 bits per heavy atom. The second-order valence-corrected chi connectivity index (χ2v) is 9.81. The summed E-state index contributed by atoms with van der Waals surface area (Å²) in [6.45, 7) is 3.71. The highest BCUT2D eigenvalue weighted by Gasteiger charge is 2.42. The van der Waals surface area contributed by atoms with Crippen molar-refractivity contribution in [3.8, 4) is 0 Å². The summed E-state index contributed by atoms with van der Waals surface area (Å²) in [6.07, 6.45) is 5.24. The van der Waals surface area contributed by atoms with E-state index in [1.54, 1.807) is 11.0 Å². The minimum Gasteiger partial charge on any atom is -0.344 e. The highest BCUT2D eigenvalue weighted by molar-refractivity contribution is 6.33. The van der Waals surface area contributed by atoms with E-state index in [-0.39, 0.29) is 34.1 Å². The number of benzene rings is 2. The van der Waals surface area contributed by atoms with E-state index in [0.717, 1.165) is 31.6 Å². The molecule has 3 aromatic rings. The maximum atomic E-state index is 14.2. The number of likely N-dealkylation sites (tertiary alicyclic amines) is 2. The molecule has 2 unspecified atom stereocenters. The van der Waals surface area contributed by atoms with Crippen LogP contribution in [-0.2, 0) is 0 Å².